The summed E-state index contributed by atoms with van der Waals surface area (Å²) in [6.07, 6.45) is 0.929. The third kappa shape index (κ3) is 3.83. The average molecular weight is 255 g/mol. The Bertz CT molecular complexity index is 531. The van der Waals surface area contributed by atoms with Crippen molar-refractivity contribution in [3.8, 4) is 5.75 Å². The minimum absolute atomic E-state index is 0.603. The summed E-state index contributed by atoms with van der Waals surface area (Å²) in [5.41, 5.74) is 10.5. The molecule has 0 saturated heterocycles. The normalized spacial score (nSPS) is 10.5. The molecule has 0 aliphatic carbocycles. The number of hydrogen-bond acceptors (Lipinski definition) is 2. The van der Waals surface area contributed by atoms with E-state index in [9.17, 15) is 0 Å². The molecule has 0 amide bonds. The van der Waals surface area contributed by atoms with Crippen molar-refractivity contribution in [3.63, 3.8) is 0 Å². The highest BCUT2D eigenvalue weighted by molar-refractivity contribution is 5.34. The van der Waals surface area contributed by atoms with Crippen LogP contribution in [0.3, 0.4) is 0 Å². The van der Waals surface area contributed by atoms with Crippen LogP contribution in [0.2, 0.25) is 0 Å². The first-order chi connectivity index (χ1) is 9.19. The summed E-state index contributed by atoms with van der Waals surface area (Å²) in [5.74, 6) is 0.925. The number of aryl methyl sites for hydroxylation is 2. The summed E-state index contributed by atoms with van der Waals surface area (Å²) in [4.78, 5) is 0. The number of nitrogens with two attached hydrogens (primary N) is 1. The van der Waals surface area contributed by atoms with Gasteiger partial charge in [-0.15, -0.1) is 0 Å². The molecule has 0 spiro atoms. The molecule has 2 heteroatoms. The SMILES string of the molecule is Cc1ccc(OCc2ccc(CCN)cc2)cc1C. The average Bonchev–Trinajstić information content (AvgIpc) is 2.42. The van der Waals surface area contributed by atoms with Gasteiger partial charge in [-0.1, -0.05) is 30.3 Å². The van der Waals surface area contributed by atoms with Crippen LogP contribution in [0.1, 0.15) is 22.3 Å². The van der Waals surface area contributed by atoms with Crippen LogP contribution in [-0.4, -0.2) is 6.54 Å². The standard InChI is InChI=1S/C17H21NO/c1-13-3-8-17(11-14(13)2)19-12-16-6-4-15(5-7-16)9-10-18/h3-8,11H,9-10,12,18H2,1-2H3. The van der Waals surface area contributed by atoms with Crippen molar-refractivity contribution in [3.05, 3.63) is 64.7 Å². The van der Waals surface area contributed by atoms with Crippen molar-refractivity contribution in [2.24, 2.45) is 5.73 Å². The Morgan fingerprint density at radius 3 is 2.21 bits per heavy atom. The van der Waals surface area contributed by atoms with E-state index in [-0.39, 0.29) is 0 Å². The number of rotatable bonds is 5. The van der Waals surface area contributed by atoms with Crippen LogP contribution in [-0.2, 0) is 13.0 Å². The monoisotopic (exact) mass is 255 g/mol. The van der Waals surface area contributed by atoms with Crippen molar-refractivity contribution < 1.29 is 4.74 Å². The molecular weight excluding hydrogens is 234 g/mol. The van der Waals surface area contributed by atoms with Gasteiger partial charge in [0.2, 0.25) is 0 Å². The van der Waals surface area contributed by atoms with E-state index in [4.69, 9.17) is 10.5 Å². The molecule has 0 atom stereocenters. The van der Waals surface area contributed by atoms with E-state index in [1.54, 1.807) is 0 Å². The lowest BCUT2D eigenvalue weighted by Gasteiger charge is -2.09. The van der Waals surface area contributed by atoms with Gasteiger partial charge in [-0.2, -0.15) is 0 Å². The molecule has 2 N–H and O–H groups in total. The molecule has 100 valence electrons. The van der Waals surface area contributed by atoms with Crippen molar-refractivity contribution in [1.82, 2.24) is 0 Å². The molecule has 0 aromatic heterocycles. The molecule has 0 unspecified atom stereocenters. The first-order valence-electron chi connectivity index (χ1n) is 6.67. The van der Waals surface area contributed by atoms with Crippen molar-refractivity contribution in [2.75, 3.05) is 6.54 Å². The maximum absolute atomic E-state index is 5.80. The predicted octanol–water partition coefficient (Wildman–Crippen LogP) is 3.38. The Morgan fingerprint density at radius 1 is 0.895 bits per heavy atom. The van der Waals surface area contributed by atoms with E-state index in [2.05, 4.69) is 50.2 Å². The van der Waals surface area contributed by atoms with Gasteiger partial charge in [0.15, 0.2) is 0 Å². The van der Waals surface area contributed by atoms with Crippen LogP contribution >= 0.6 is 0 Å². The van der Waals surface area contributed by atoms with Crippen molar-refractivity contribution in [1.29, 1.82) is 0 Å². The van der Waals surface area contributed by atoms with Gasteiger partial charge >= 0.3 is 0 Å². The van der Waals surface area contributed by atoms with Gasteiger partial charge in [0.1, 0.15) is 12.4 Å². The second kappa shape index (κ2) is 6.39. The highest BCUT2D eigenvalue weighted by Crippen LogP contribution is 2.18. The quantitative estimate of drug-likeness (QED) is 0.889. The zero-order valence-corrected chi connectivity index (χ0v) is 11.6. The lowest BCUT2D eigenvalue weighted by atomic mass is 10.1. The zero-order chi connectivity index (χ0) is 13.7. The lowest BCUT2D eigenvalue weighted by Crippen LogP contribution is -2.03. The second-order valence-corrected chi connectivity index (χ2v) is 4.89. The Morgan fingerprint density at radius 2 is 1.58 bits per heavy atom. The molecule has 0 bridgehead atoms. The molecule has 0 aliphatic heterocycles. The largest absolute Gasteiger partial charge is 0.489 e. The molecule has 0 heterocycles. The fourth-order valence-corrected chi connectivity index (χ4v) is 1.94. The van der Waals surface area contributed by atoms with E-state index < -0.39 is 0 Å². The van der Waals surface area contributed by atoms with E-state index >= 15 is 0 Å². The fourth-order valence-electron chi connectivity index (χ4n) is 1.94. The first-order valence-corrected chi connectivity index (χ1v) is 6.67. The number of benzene rings is 2. The van der Waals surface area contributed by atoms with Gasteiger partial charge in [0, 0.05) is 0 Å². The first kappa shape index (κ1) is 13.6. The molecule has 2 aromatic carbocycles. The van der Waals surface area contributed by atoms with Crippen LogP contribution in [0.25, 0.3) is 0 Å². The topological polar surface area (TPSA) is 35.2 Å². The third-order valence-electron chi connectivity index (χ3n) is 3.34. The maximum Gasteiger partial charge on any atom is 0.120 e. The third-order valence-corrected chi connectivity index (χ3v) is 3.34. The van der Waals surface area contributed by atoms with Gasteiger partial charge in [-0.3, -0.25) is 0 Å². The maximum atomic E-state index is 5.80. The van der Waals surface area contributed by atoms with Gasteiger partial charge in [-0.05, 0) is 61.2 Å². The van der Waals surface area contributed by atoms with Gasteiger partial charge in [0.25, 0.3) is 0 Å². The van der Waals surface area contributed by atoms with Crippen LogP contribution in [0, 0.1) is 13.8 Å². The molecule has 0 radical (unpaired) electrons. The van der Waals surface area contributed by atoms with Crippen molar-refractivity contribution >= 4 is 0 Å². The molecular formula is C17H21NO. The smallest absolute Gasteiger partial charge is 0.120 e. The predicted molar refractivity (Wildman–Crippen MR) is 79.4 cm³/mol. The molecule has 0 fully saturated rings. The van der Waals surface area contributed by atoms with E-state index in [0.717, 1.165) is 12.2 Å². The lowest BCUT2D eigenvalue weighted by molar-refractivity contribution is 0.306. The highest BCUT2D eigenvalue weighted by Gasteiger charge is 1.99. The van der Waals surface area contributed by atoms with Crippen LogP contribution in [0.4, 0.5) is 0 Å². The molecule has 0 aliphatic rings. The molecule has 2 aromatic rings. The Balaban J connectivity index is 1.96. The minimum atomic E-state index is 0.603. The van der Waals surface area contributed by atoms with E-state index in [1.165, 1.54) is 22.3 Å². The van der Waals surface area contributed by atoms with Crippen molar-refractivity contribution in [2.45, 2.75) is 26.9 Å². The molecule has 0 saturated carbocycles. The van der Waals surface area contributed by atoms with Gasteiger partial charge < -0.3 is 10.5 Å². The summed E-state index contributed by atoms with van der Waals surface area (Å²) in [7, 11) is 0. The summed E-state index contributed by atoms with van der Waals surface area (Å²) >= 11 is 0. The Labute approximate surface area is 115 Å². The molecule has 2 rings (SSSR count). The number of hydrogen-bond donors (Lipinski definition) is 1. The Kier molecular flexibility index (Phi) is 4.58. The summed E-state index contributed by atoms with van der Waals surface area (Å²) in [6, 6.07) is 14.6. The van der Waals surface area contributed by atoms with Gasteiger partial charge in [-0.25, -0.2) is 0 Å². The summed E-state index contributed by atoms with van der Waals surface area (Å²) < 4.78 is 5.80. The molecule has 2 nitrogen and oxygen atoms in total. The molecule has 19 heavy (non-hydrogen) atoms. The Hall–Kier alpha value is -1.80. The van der Waals surface area contributed by atoms with Crippen LogP contribution in [0.15, 0.2) is 42.5 Å². The minimum Gasteiger partial charge on any atom is -0.489 e. The van der Waals surface area contributed by atoms with E-state index in [0.29, 0.717) is 13.2 Å². The summed E-state index contributed by atoms with van der Waals surface area (Å²) in [6.45, 7) is 5.50. The van der Waals surface area contributed by atoms with Gasteiger partial charge in [0.05, 0.1) is 0 Å². The fraction of sp³-hybridized carbons (Fsp3) is 0.294. The number of ether oxygens (including phenoxy) is 1. The zero-order valence-electron chi connectivity index (χ0n) is 11.6. The van der Waals surface area contributed by atoms with Crippen LogP contribution < -0.4 is 10.5 Å². The van der Waals surface area contributed by atoms with Crippen LogP contribution in [0.5, 0.6) is 5.75 Å². The van der Waals surface area contributed by atoms with E-state index in [1.807, 2.05) is 6.07 Å². The highest BCUT2D eigenvalue weighted by atomic mass is 16.5. The second-order valence-electron chi connectivity index (χ2n) is 4.89. The summed E-state index contributed by atoms with van der Waals surface area (Å²) in [5, 5.41) is 0.